The Balaban J connectivity index is 1.58. The number of fused-ring (bicyclic) bond motifs is 1. The van der Waals surface area contributed by atoms with Crippen molar-refractivity contribution in [1.29, 1.82) is 0 Å². The van der Waals surface area contributed by atoms with E-state index in [0.717, 1.165) is 29.9 Å². The molecule has 1 amide bonds. The first-order chi connectivity index (χ1) is 11.6. The van der Waals surface area contributed by atoms with Crippen molar-refractivity contribution in [3.63, 3.8) is 0 Å². The standard InChI is InChI=1S/C18H17ClN4O/c1-12(16-22-21-15-7-2-3-10-23(15)16)20-17(24)18(8-9-18)13-5-4-6-14(19)11-13/h2-7,10-12H,8-9H2,1H3,(H,20,24)/t12-/m1/s1. The van der Waals surface area contributed by atoms with Gasteiger partial charge in [0, 0.05) is 11.2 Å². The molecule has 1 aliphatic carbocycles. The fraction of sp³-hybridized carbons (Fsp3) is 0.278. The van der Waals surface area contributed by atoms with Crippen LogP contribution in [0.2, 0.25) is 5.02 Å². The fourth-order valence-corrected chi connectivity index (χ4v) is 3.30. The van der Waals surface area contributed by atoms with Crippen LogP contribution in [0, 0.1) is 0 Å². The molecular formula is C18H17ClN4O. The maximum absolute atomic E-state index is 12.9. The summed E-state index contributed by atoms with van der Waals surface area (Å²) in [6.07, 6.45) is 3.58. The van der Waals surface area contributed by atoms with Crippen LogP contribution in [0.3, 0.4) is 0 Å². The molecule has 1 atom stereocenters. The Morgan fingerprint density at radius 1 is 1.25 bits per heavy atom. The average molecular weight is 341 g/mol. The van der Waals surface area contributed by atoms with Crippen LogP contribution in [0.4, 0.5) is 0 Å². The number of hydrogen-bond acceptors (Lipinski definition) is 3. The van der Waals surface area contributed by atoms with Gasteiger partial charge in [0.1, 0.15) is 0 Å². The van der Waals surface area contributed by atoms with Gasteiger partial charge in [-0.15, -0.1) is 10.2 Å². The van der Waals surface area contributed by atoms with Crippen LogP contribution in [0.5, 0.6) is 0 Å². The van der Waals surface area contributed by atoms with Gasteiger partial charge in [-0.25, -0.2) is 0 Å². The van der Waals surface area contributed by atoms with Crippen LogP contribution < -0.4 is 5.32 Å². The molecule has 0 spiro atoms. The summed E-state index contributed by atoms with van der Waals surface area (Å²) in [5.41, 5.74) is 1.29. The van der Waals surface area contributed by atoms with Gasteiger partial charge in [0.25, 0.3) is 0 Å². The Labute approximate surface area is 144 Å². The number of nitrogens with one attached hydrogen (secondary N) is 1. The zero-order valence-corrected chi connectivity index (χ0v) is 14.0. The number of hydrogen-bond donors (Lipinski definition) is 1. The highest BCUT2D eigenvalue weighted by molar-refractivity contribution is 6.30. The van der Waals surface area contributed by atoms with E-state index in [4.69, 9.17) is 11.6 Å². The van der Waals surface area contributed by atoms with Crippen LogP contribution in [0.25, 0.3) is 5.65 Å². The minimum Gasteiger partial charge on any atom is -0.346 e. The van der Waals surface area contributed by atoms with Gasteiger partial charge >= 0.3 is 0 Å². The summed E-state index contributed by atoms with van der Waals surface area (Å²) in [6, 6.07) is 13.1. The Morgan fingerprint density at radius 2 is 2.08 bits per heavy atom. The summed E-state index contributed by atoms with van der Waals surface area (Å²) in [4.78, 5) is 12.9. The molecule has 24 heavy (non-hydrogen) atoms. The molecule has 2 aromatic heterocycles. The third kappa shape index (κ3) is 2.45. The highest BCUT2D eigenvalue weighted by atomic mass is 35.5. The van der Waals surface area contributed by atoms with E-state index in [1.165, 1.54) is 0 Å². The first-order valence-electron chi connectivity index (χ1n) is 7.97. The molecule has 0 radical (unpaired) electrons. The summed E-state index contributed by atoms with van der Waals surface area (Å²) in [5, 5.41) is 12.1. The van der Waals surface area contributed by atoms with Crippen LogP contribution in [0.15, 0.2) is 48.7 Å². The molecule has 1 saturated carbocycles. The molecule has 0 unspecified atom stereocenters. The van der Waals surface area contributed by atoms with Crippen molar-refractivity contribution in [3.05, 3.63) is 65.1 Å². The molecule has 1 aliphatic rings. The Hall–Kier alpha value is -2.40. The lowest BCUT2D eigenvalue weighted by molar-refractivity contribution is -0.124. The predicted molar refractivity (Wildman–Crippen MR) is 91.9 cm³/mol. The second kappa shape index (κ2) is 5.60. The molecular weight excluding hydrogens is 324 g/mol. The van der Waals surface area contributed by atoms with E-state index in [0.29, 0.717) is 5.02 Å². The van der Waals surface area contributed by atoms with E-state index in [1.807, 2.05) is 60.0 Å². The fourth-order valence-electron chi connectivity index (χ4n) is 3.11. The average Bonchev–Trinajstić information content (AvgIpc) is 3.28. The van der Waals surface area contributed by atoms with Crippen molar-refractivity contribution >= 4 is 23.2 Å². The van der Waals surface area contributed by atoms with Gasteiger partial charge in [-0.3, -0.25) is 9.20 Å². The number of benzene rings is 1. The largest absolute Gasteiger partial charge is 0.346 e. The molecule has 1 fully saturated rings. The lowest BCUT2D eigenvalue weighted by Gasteiger charge is -2.19. The van der Waals surface area contributed by atoms with Gasteiger partial charge in [0.15, 0.2) is 11.5 Å². The predicted octanol–water partition coefficient (Wildman–Crippen LogP) is 3.29. The number of halogens is 1. The van der Waals surface area contributed by atoms with Crippen molar-refractivity contribution in [2.45, 2.75) is 31.2 Å². The molecule has 4 rings (SSSR count). The van der Waals surface area contributed by atoms with Crippen LogP contribution in [-0.4, -0.2) is 20.5 Å². The van der Waals surface area contributed by atoms with Crippen molar-refractivity contribution in [2.24, 2.45) is 0 Å². The van der Waals surface area contributed by atoms with E-state index < -0.39 is 5.41 Å². The van der Waals surface area contributed by atoms with Crippen LogP contribution >= 0.6 is 11.6 Å². The number of amides is 1. The zero-order chi connectivity index (χ0) is 16.7. The number of aromatic nitrogens is 3. The lowest BCUT2D eigenvalue weighted by atomic mass is 9.94. The number of rotatable bonds is 4. The molecule has 0 bridgehead atoms. The van der Waals surface area contributed by atoms with E-state index in [2.05, 4.69) is 15.5 Å². The topological polar surface area (TPSA) is 59.3 Å². The van der Waals surface area contributed by atoms with E-state index in [-0.39, 0.29) is 11.9 Å². The highest BCUT2D eigenvalue weighted by Crippen LogP contribution is 2.49. The van der Waals surface area contributed by atoms with Gasteiger partial charge in [0.05, 0.1) is 11.5 Å². The van der Waals surface area contributed by atoms with Gasteiger partial charge in [0.2, 0.25) is 5.91 Å². The number of nitrogens with zero attached hydrogens (tertiary/aromatic N) is 3. The van der Waals surface area contributed by atoms with Crippen molar-refractivity contribution < 1.29 is 4.79 Å². The maximum atomic E-state index is 12.9. The molecule has 6 heteroatoms. The lowest BCUT2D eigenvalue weighted by Crippen LogP contribution is -2.37. The monoisotopic (exact) mass is 340 g/mol. The summed E-state index contributed by atoms with van der Waals surface area (Å²) in [6.45, 7) is 1.93. The molecule has 5 nitrogen and oxygen atoms in total. The molecule has 2 heterocycles. The van der Waals surface area contributed by atoms with Crippen molar-refractivity contribution in [3.8, 4) is 0 Å². The SMILES string of the molecule is C[C@@H](NC(=O)C1(c2cccc(Cl)c2)CC1)c1nnc2ccccn12. The van der Waals surface area contributed by atoms with Crippen LogP contribution in [-0.2, 0) is 10.2 Å². The molecule has 0 saturated heterocycles. The van der Waals surface area contributed by atoms with E-state index in [9.17, 15) is 4.79 Å². The normalized spacial score (nSPS) is 16.8. The highest BCUT2D eigenvalue weighted by Gasteiger charge is 2.51. The zero-order valence-electron chi connectivity index (χ0n) is 13.2. The summed E-state index contributed by atoms with van der Waals surface area (Å²) < 4.78 is 1.89. The van der Waals surface area contributed by atoms with Gasteiger partial charge < -0.3 is 5.32 Å². The summed E-state index contributed by atoms with van der Waals surface area (Å²) in [5.74, 6) is 0.741. The Morgan fingerprint density at radius 3 is 2.83 bits per heavy atom. The molecule has 1 N–H and O–H groups in total. The quantitative estimate of drug-likeness (QED) is 0.792. The minimum absolute atomic E-state index is 0.0185. The minimum atomic E-state index is -0.459. The van der Waals surface area contributed by atoms with Crippen molar-refractivity contribution in [1.82, 2.24) is 19.9 Å². The maximum Gasteiger partial charge on any atom is 0.231 e. The Bertz CT molecular complexity index is 916. The third-order valence-electron chi connectivity index (χ3n) is 4.64. The molecule has 122 valence electrons. The first-order valence-corrected chi connectivity index (χ1v) is 8.35. The molecule has 3 aromatic rings. The Kier molecular flexibility index (Phi) is 3.53. The number of carbonyl (C=O) groups is 1. The number of carbonyl (C=O) groups excluding carboxylic acids is 1. The third-order valence-corrected chi connectivity index (χ3v) is 4.87. The van der Waals surface area contributed by atoms with Crippen LogP contribution in [0.1, 0.15) is 37.2 Å². The van der Waals surface area contributed by atoms with E-state index >= 15 is 0 Å². The summed E-state index contributed by atoms with van der Waals surface area (Å²) in [7, 11) is 0. The van der Waals surface area contributed by atoms with Gasteiger partial charge in [-0.2, -0.15) is 0 Å². The molecule has 0 aliphatic heterocycles. The van der Waals surface area contributed by atoms with Crippen molar-refractivity contribution in [2.75, 3.05) is 0 Å². The second-order valence-electron chi connectivity index (χ2n) is 6.27. The van der Waals surface area contributed by atoms with E-state index in [1.54, 1.807) is 0 Å². The van der Waals surface area contributed by atoms with Gasteiger partial charge in [-0.05, 0) is 49.6 Å². The second-order valence-corrected chi connectivity index (χ2v) is 6.71. The first kappa shape index (κ1) is 15.1. The molecule has 1 aromatic carbocycles. The summed E-state index contributed by atoms with van der Waals surface area (Å²) >= 11 is 6.08. The van der Waals surface area contributed by atoms with Gasteiger partial charge in [-0.1, -0.05) is 29.8 Å². The smallest absolute Gasteiger partial charge is 0.231 e. The number of pyridine rings is 1.